The first-order chi connectivity index (χ1) is 15.3. The molecule has 0 aliphatic carbocycles. The summed E-state index contributed by atoms with van der Waals surface area (Å²) < 4.78 is 13.5. The predicted octanol–water partition coefficient (Wildman–Crippen LogP) is 4.77. The summed E-state index contributed by atoms with van der Waals surface area (Å²) in [6.45, 7) is 8.46. The lowest BCUT2D eigenvalue weighted by molar-refractivity contribution is -0.122. The third kappa shape index (κ3) is 5.18. The largest absolute Gasteiger partial charge is 0.369 e. The number of nitrogens with one attached hydrogen (secondary N) is 2. The quantitative estimate of drug-likeness (QED) is 0.562. The number of pyridine rings is 1. The van der Waals surface area contributed by atoms with Crippen LogP contribution in [0.25, 0.3) is 10.8 Å². The topological polar surface area (TPSA) is 57.3 Å². The Morgan fingerprint density at radius 3 is 2.81 bits per heavy atom. The number of rotatable bonds is 7. The van der Waals surface area contributed by atoms with Crippen molar-refractivity contribution in [3.63, 3.8) is 0 Å². The first-order valence-corrected chi connectivity index (χ1v) is 11.2. The van der Waals surface area contributed by atoms with Gasteiger partial charge in [-0.2, -0.15) is 0 Å². The first kappa shape index (κ1) is 22.1. The van der Waals surface area contributed by atoms with Crippen molar-refractivity contribution in [1.82, 2.24) is 10.3 Å². The molecule has 1 aliphatic rings. The molecule has 2 aromatic carbocycles. The van der Waals surface area contributed by atoms with Gasteiger partial charge in [-0.1, -0.05) is 45.0 Å². The molecule has 0 unspecified atom stereocenters. The molecule has 0 spiro atoms. The maximum absolute atomic E-state index is 13.5. The van der Waals surface area contributed by atoms with Gasteiger partial charge in [-0.3, -0.25) is 4.79 Å². The second-order valence-corrected chi connectivity index (χ2v) is 9.64. The third-order valence-corrected chi connectivity index (χ3v) is 5.83. The number of hydrogen-bond donors (Lipinski definition) is 2. The van der Waals surface area contributed by atoms with Crippen LogP contribution in [0.2, 0.25) is 0 Å². The maximum Gasteiger partial charge on any atom is 0.242 e. The van der Waals surface area contributed by atoms with Crippen LogP contribution in [0.3, 0.4) is 0 Å². The van der Waals surface area contributed by atoms with E-state index in [1.165, 1.54) is 6.07 Å². The average Bonchev–Trinajstić information content (AvgIpc) is 3.14. The average molecular weight is 435 g/mol. The SMILES string of the molecule is CC(C)(C)C[C@H](Nc1nccc2ccccc12)C(=O)NCCN1CCc2cc(F)ccc21. The molecule has 168 valence electrons. The van der Waals surface area contributed by atoms with Gasteiger partial charge in [0.2, 0.25) is 5.91 Å². The Morgan fingerprint density at radius 1 is 1.19 bits per heavy atom. The van der Waals surface area contributed by atoms with Crippen LogP contribution in [0.4, 0.5) is 15.9 Å². The van der Waals surface area contributed by atoms with E-state index in [1.807, 2.05) is 36.4 Å². The van der Waals surface area contributed by atoms with Gasteiger partial charge in [-0.15, -0.1) is 0 Å². The van der Waals surface area contributed by atoms with E-state index in [0.717, 1.165) is 40.8 Å². The summed E-state index contributed by atoms with van der Waals surface area (Å²) in [6, 6.07) is 14.5. The number of hydrogen-bond acceptors (Lipinski definition) is 4. The zero-order valence-electron chi connectivity index (χ0n) is 19.0. The fourth-order valence-corrected chi connectivity index (χ4v) is 4.33. The Kier molecular flexibility index (Phi) is 6.31. The van der Waals surface area contributed by atoms with Gasteiger partial charge in [0.25, 0.3) is 0 Å². The maximum atomic E-state index is 13.5. The molecular formula is C26H31FN4O. The van der Waals surface area contributed by atoms with E-state index >= 15 is 0 Å². The number of amides is 1. The molecule has 1 aromatic heterocycles. The van der Waals surface area contributed by atoms with Gasteiger partial charge in [-0.05, 0) is 53.5 Å². The van der Waals surface area contributed by atoms with Crippen molar-refractivity contribution in [3.8, 4) is 0 Å². The fourth-order valence-electron chi connectivity index (χ4n) is 4.33. The highest BCUT2D eigenvalue weighted by atomic mass is 19.1. The Morgan fingerprint density at radius 2 is 2.00 bits per heavy atom. The van der Waals surface area contributed by atoms with E-state index < -0.39 is 6.04 Å². The number of halogens is 1. The Bertz CT molecular complexity index is 1100. The summed E-state index contributed by atoms with van der Waals surface area (Å²) in [5.41, 5.74) is 2.06. The molecular weight excluding hydrogens is 403 g/mol. The smallest absolute Gasteiger partial charge is 0.242 e. The van der Waals surface area contributed by atoms with Crippen LogP contribution in [-0.2, 0) is 11.2 Å². The Labute approximate surface area is 189 Å². The van der Waals surface area contributed by atoms with Gasteiger partial charge in [0, 0.05) is 36.9 Å². The lowest BCUT2D eigenvalue weighted by Crippen LogP contribution is -2.44. The number of carbonyl (C=O) groups excluding carboxylic acids is 1. The molecule has 5 nitrogen and oxygen atoms in total. The zero-order chi connectivity index (χ0) is 22.7. The van der Waals surface area contributed by atoms with E-state index in [2.05, 4.69) is 41.3 Å². The van der Waals surface area contributed by atoms with Crippen molar-refractivity contribution in [3.05, 3.63) is 66.1 Å². The molecule has 1 aliphatic heterocycles. The summed E-state index contributed by atoms with van der Waals surface area (Å²) >= 11 is 0. The zero-order valence-corrected chi connectivity index (χ0v) is 19.0. The minimum absolute atomic E-state index is 0.0302. The molecule has 32 heavy (non-hydrogen) atoms. The lowest BCUT2D eigenvalue weighted by atomic mass is 9.87. The Hall–Kier alpha value is -3.15. The minimum Gasteiger partial charge on any atom is -0.369 e. The van der Waals surface area contributed by atoms with E-state index in [9.17, 15) is 9.18 Å². The number of carbonyl (C=O) groups is 1. The van der Waals surface area contributed by atoms with Crippen molar-refractivity contribution < 1.29 is 9.18 Å². The van der Waals surface area contributed by atoms with Crippen molar-refractivity contribution >= 4 is 28.2 Å². The molecule has 0 fully saturated rings. The van der Waals surface area contributed by atoms with E-state index in [4.69, 9.17) is 0 Å². The monoisotopic (exact) mass is 434 g/mol. The van der Waals surface area contributed by atoms with Gasteiger partial charge >= 0.3 is 0 Å². The molecule has 3 aromatic rings. The van der Waals surface area contributed by atoms with Crippen LogP contribution in [0.5, 0.6) is 0 Å². The number of aromatic nitrogens is 1. The van der Waals surface area contributed by atoms with Crippen molar-refractivity contribution in [1.29, 1.82) is 0 Å². The van der Waals surface area contributed by atoms with Gasteiger partial charge in [-0.25, -0.2) is 9.37 Å². The van der Waals surface area contributed by atoms with Crippen LogP contribution < -0.4 is 15.5 Å². The molecule has 2 heterocycles. The van der Waals surface area contributed by atoms with E-state index in [-0.39, 0.29) is 17.1 Å². The molecule has 2 N–H and O–H groups in total. The highest BCUT2D eigenvalue weighted by Gasteiger charge is 2.26. The second kappa shape index (κ2) is 9.15. The number of benzene rings is 2. The molecule has 1 amide bonds. The van der Waals surface area contributed by atoms with E-state index in [0.29, 0.717) is 19.5 Å². The van der Waals surface area contributed by atoms with Crippen molar-refractivity contribution in [2.24, 2.45) is 5.41 Å². The van der Waals surface area contributed by atoms with Crippen LogP contribution >= 0.6 is 0 Å². The summed E-state index contributed by atoms with van der Waals surface area (Å²) in [5.74, 6) is 0.494. The fraction of sp³-hybridized carbons (Fsp3) is 0.385. The van der Waals surface area contributed by atoms with Gasteiger partial charge < -0.3 is 15.5 Å². The standard InChI is InChI=1S/C26H31FN4O/c1-26(2,3)17-22(30-24-21-7-5-4-6-18(21)10-12-28-24)25(32)29-13-15-31-14-11-19-16-20(27)8-9-23(19)31/h4-10,12,16,22H,11,13-15,17H2,1-3H3,(H,28,30)(H,29,32)/t22-/m0/s1. The molecule has 0 radical (unpaired) electrons. The molecule has 0 bridgehead atoms. The number of fused-ring (bicyclic) bond motifs is 2. The molecule has 4 rings (SSSR count). The van der Waals surface area contributed by atoms with Gasteiger partial charge in [0.15, 0.2) is 0 Å². The van der Waals surface area contributed by atoms with Crippen LogP contribution in [0.1, 0.15) is 32.8 Å². The normalized spacial score (nSPS) is 14.3. The van der Waals surface area contributed by atoms with Crippen LogP contribution in [-0.4, -0.2) is 36.6 Å². The Balaban J connectivity index is 1.42. The molecule has 0 saturated heterocycles. The summed E-state index contributed by atoms with van der Waals surface area (Å²) in [4.78, 5) is 19.9. The highest BCUT2D eigenvalue weighted by molar-refractivity contribution is 5.94. The minimum atomic E-state index is -0.395. The highest BCUT2D eigenvalue weighted by Crippen LogP contribution is 2.28. The number of anilines is 2. The van der Waals surface area contributed by atoms with Gasteiger partial charge in [0.1, 0.15) is 17.7 Å². The van der Waals surface area contributed by atoms with E-state index in [1.54, 1.807) is 12.3 Å². The summed E-state index contributed by atoms with van der Waals surface area (Å²) in [7, 11) is 0. The molecule has 0 saturated carbocycles. The predicted molar refractivity (Wildman–Crippen MR) is 129 cm³/mol. The van der Waals surface area contributed by atoms with Gasteiger partial charge in [0.05, 0.1) is 0 Å². The summed E-state index contributed by atoms with van der Waals surface area (Å²) in [6.07, 6.45) is 3.28. The van der Waals surface area contributed by atoms with Crippen LogP contribution in [0, 0.1) is 11.2 Å². The second-order valence-electron chi connectivity index (χ2n) is 9.64. The van der Waals surface area contributed by atoms with Crippen molar-refractivity contribution in [2.75, 3.05) is 29.9 Å². The lowest BCUT2D eigenvalue weighted by Gasteiger charge is -2.27. The van der Waals surface area contributed by atoms with Crippen molar-refractivity contribution in [2.45, 2.75) is 39.7 Å². The number of nitrogens with zero attached hydrogens (tertiary/aromatic N) is 2. The first-order valence-electron chi connectivity index (χ1n) is 11.2. The third-order valence-electron chi connectivity index (χ3n) is 5.83. The molecule has 1 atom stereocenters. The molecule has 6 heteroatoms. The van der Waals surface area contributed by atoms with Crippen LogP contribution in [0.15, 0.2) is 54.7 Å². The summed E-state index contributed by atoms with van der Waals surface area (Å²) in [5, 5.41) is 8.59.